The van der Waals surface area contributed by atoms with Crippen molar-refractivity contribution in [2.75, 3.05) is 65.8 Å². The van der Waals surface area contributed by atoms with Crippen LogP contribution < -0.4 is 0 Å². The number of likely N-dealkylation sites (tertiary alicyclic amines) is 2. The van der Waals surface area contributed by atoms with Gasteiger partial charge in [-0.25, -0.2) is 0 Å². The second-order valence-electron chi connectivity index (χ2n) is 11.0. The monoisotopic (exact) mass is 461 g/mol. The van der Waals surface area contributed by atoms with E-state index in [0.717, 1.165) is 12.4 Å². The van der Waals surface area contributed by atoms with Gasteiger partial charge in [0.15, 0.2) is 0 Å². The lowest BCUT2D eigenvalue weighted by Gasteiger charge is -2.35. The van der Waals surface area contributed by atoms with Crippen LogP contribution in [0.5, 0.6) is 0 Å². The van der Waals surface area contributed by atoms with E-state index in [1.165, 1.54) is 69.4 Å². The Balaban J connectivity index is 0.000000482. The van der Waals surface area contributed by atoms with Crippen LogP contribution >= 0.6 is 11.6 Å². The average molecular weight is 462 g/mol. The second-order valence-corrected chi connectivity index (χ2v) is 11.4. The van der Waals surface area contributed by atoms with E-state index in [-0.39, 0.29) is 0 Å². The van der Waals surface area contributed by atoms with Crippen LogP contribution in [0.4, 0.5) is 0 Å². The van der Waals surface area contributed by atoms with Gasteiger partial charge in [-0.2, -0.15) is 0 Å². The Morgan fingerprint density at radius 1 is 0.710 bits per heavy atom. The molecule has 2 heterocycles. The highest BCUT2D eigenvalue weighted by atomic mass is 35.5. The van der Waals surface area contributed by atoms with Crippen LogP contribution in [0.15, 0.2) is 0 Å². The Kier molecular flexibility index (Phi) is 16.8. The molecular weight excluding hydrogens is 404 g/mol. The number of hydrogen-bond acceptors (Lipinski definition) is 3. The van der Waals surface area contributed by atoms with Crippen LogP contribution in [0.2, 0.25) is 0 Å². The Morgan fingerprint density at radius 2 is 1.10 bits per heavy atom. The van der Waals surface area contributed by atoms with E-state index in [4.69, 9.17) is 11.6 Å². The quantitative estimate of drug-likeness (QED) is 0.336. The molecule has 31 heavy (non-hydrogen) atoms. The summed E-state index contributed by atoms with van der Waals surface area (Å²) in [5, 5.41) is 0. The summed E-state index contributed by atoms with van der Waals surface area (Å²) in [6, 6.07) is 2.58. The highest BCUT2D eigenvalue weighted by molar-refractivity contribution is 6.18. The number of rotatable bonds is 9. The van der Waals surface area contributed by atoms with Crippen molar-refractivity contribution in [3.05, 3.63) is 0 Å². The fourth-order valence-corrected chi connectivity index (χ4v) is 5.07. The lowest BCUT2D eigenvalue weighted by molar-refractivity contribution is -0.897. The minimum Gasteiger partial charge on any atom is -0.325 e. The number of halogens is 1. The standard InChI is InChI=1S/C13H29N2.C8H18ClN.C5H11N/c1-12(2)14(13(3)4)8-11-15(5)9-6-7-10-15;1-7(2)10(6-5-9)8(3)4;1-6-4-2-3-5-6/h12-13H,6-11H2,1-5H3;7-8H,5-6H2,1-4H3;2-5H2,1H3/q+1;;. The summed E-state index contributed by atoms with van der Waals surface area (Å²) in [5.41, 5.74) is 0. The van der Waals surface area contributed by atoms with Crippen LogP contribution in [0, 0.1) is 0 Å². The summed E-state index contributed by atoms with van der Waals surface area (Å²) in [5.74, 6) is 0.732. The first-order valence-electron chi connectivity index (χ1n) is 13.0. The van der Waals surface area contributed by atoms with Crippen molar-refractivity contribution in [1.29, 1.82) is 0 Å². The molecule has 0 unspecified atom stereocenters. The maximum atomic E-state index is 5.64. The van der Waals surface area contributed by atoms with Crippen LogP contribution in [0.25, 0.3) is 0 Å². The van der Waals surface area contributed by atoms with Crippen molar-refractivity contribution in [2.24, 2.45) is 0 Å². The van der Waals surface area contributed by atoms with Gasteiger partial charge in [0.05, 0.1) is 26.7 Å². The zero-order valence-corrected chi connectivity index (χ0v) is 23.7. The van der Waals surface area contributed by atoms with E-state index >= 15 is 0 Å². The van der Waals surface area contributed by atoms with E-state index < -0.39 is 0 Å². The molecule has 0 spiro atoms. The van der Waals surface area contributed by atoms with Gasteiger partial charge < -0.3 is 9.38 Å². The molecule has 0 saturated carbocycles. The largest absolute Gasteiger partial charge is 0.325 e. The first-order valence-corrected chi connectivity index (χ1v) is 13.6. The highest BCUT2D eigenvalue weighted by Gasteiger charge is 2.28. The maximum absolute atomic E-state index is 5.64. The Labute approximate surface area is 201 Å². The molecule has 4 nitrogen and oxygen atoms in total. The summed E-state index contributed by atoms with van der Waals surface area (Å²) >= 11 is 5.64. The van der Waals surface area contributed by atoms with E-state index in [1.807, 2.05) is 0 Å². The predicted molar refractivity (Wildman–Crippen MR) is 141 cm³/mol. The predicted octanol–water partition coefficient (Wildman–Crippen LogP) is 5.40. The Hall–Kier alpha value is 0.130. The van der Waals surface area contributed by atoms with E-state index in [9.17, 15) is 0 Å². The molecular formula is C26H58ClN4+. The maximum Gasteiger partial charge on any atom is 0.0914 e. The molecule has 0 bridgehead atoms. The summed E-state index contributed by atoms with van der Waals surface area (Å²) in [6.45, 7) is 27.0. The molecule has 0 atom stereocenters. The van der Waals surface area contributed by atoms with Crippen molar-refractivity contribution in [2.45, 2.75) is 105 Å². The first-order chi connectivity index (χ1) is 14.4. The Bertz CT molecular complexity index is 398. The SMILES string of the molecule is CC(C)N(CCCl)C(C)C.CC(C)N(CC[N+]1(C)CCCC1)C(C)C.CN1CCCC1. The van der Waals surface area contributed by atoms with Gasteiger partial charge in [0.25, 0.3) is 0 Å². The van der Waals surface area contributed by atoms with Gasteiger partial charge in [0.2, 0.25) is 0 Å². The minimum absolute atomic E-state index is 0.610. The molecule has 2 rings (SSSR count). The van der Waals surface area contributed by atoms with Gasteiger partial charge in [0, 0.05) is 56.0 Å². The molecule has 5 heteroatoms. The third-order valence-electron chi connectivity index (χ3n) is 6.87. The van der Waals surface area contributed by atoms with Gasteiger partial charge in [-0.15, -0.1) is 11.6 Å². The van der Waals surface area contributed by atoms with E-state index in [1.54, 1.807) is 0 Å². The molecule has 0 amide bonds. The van der Waals surface area contributed by atoms with Gasteiger partial charge in [-0.1, -0.05) is 0 Å². The third kappa shape index (κ3) is 14.1. The fourth-order valence-electron chi connectivity index (χ4n) is 4.88. The molecule has 188 valence electrons. The van der Waals surface area contributed by atoms with Gasteiger partial charge in [0.1, 0.15) is 0 Å². The van der Waals surface area contributed by atoms with Gasteiger partial charge in [-0.05, 0) is 88.4 Å². The number of hydrogen-bond donors (Lipinski definition) is 0. The number of quaternary nitrogens is 1. The van der Waals surface area contributed by atoms with Crippen molar-refractivity contribution >= 4 is 11.6 Å². The molecule has 0 radical (unpaired) electrons. The number of nitrogens with zero attached hydrogens (tertiary/aromatic N) is 4. The van der Waals surface area contributed by atoms with Crippen LogP contribution in [0.3, 0.4) is 0 Å². The van der Waals surface area contributed by atoms with Crippen molar-refractivity contribution in [3.8, 4) is 0 Å². The molecule has 0 aromatic carbocycles. The summed E-state index contributed by atoms with van der Waals surface area (Å²) in [4.78, 5) is 7.36. The summed E-state index contributed by atoms with van der Waals surface area (Å²) in [7, 11) is 4.60. The van der Waals surface area contributed by atoms with Crippen molar-refractivity contribution in [1.82, 2.24) is 14.7 Å². The van der Waals surface area contributed by atoms with Crippen molar-refractivity contribution < 1.29 is 4.48 Å². The smallest absolute Gasteiger partial charge is 0.0914 e. The van der Waals surface area contributed by atoms with Crippen LogP contribution in [-0.2, 0) is 0 Å². The molecule has 2 fully saturated rings. The summed E-state index contributed by atoms with van der Waals surface area (Å²) in [6.07, 6.45) is 5.69. The Morgan fingerprint density at radius 3 is 1.35 bits per heavy atom. The zero-order valence-electron chi connectivity index (χ0n) is 23.0. The van der Waals surface area contributed by atoms with Crippen LogP contribution in [0.1, 0.15) is 81.1 Å². The zero-order chi connectivity index (χ0) is 24.0. The molecule has 0 aliphatic carbocycles. The van der Waals surface area contributed by atoms with Gasteiger partial charge >= 0.3 is 0 Å². The first kappa shape index (κ1) is 31.1. The lowest BCUT2D eigenvalue weighted by Crippen LogP contribution is -2.49. The molecule has 2 aliphatic rings. The number of alkyl halides is 1. The molecule has 2 aliphatic heterocycles. The average Bonchev–Trinajstić information content (AvgIpc) is 3.31. The second kappa shape index (κ2) is 16.7. The molecule has 0 N–H and O–H groups in total. The lowest BCUT2D eigenvalue weighted by atomic mass is 10.2. The van der Waals surface area contributed by atoms with Crippen LogP contribution in [-0.4, -0.2) is 109 Å². The minimum atomic E-state index is 0.610. The van der Waals surface area contributed by atoms with Gasteiger partial charge in [-0.3, -0.25) is 9.80 Å². The highest BCUT2D eigenvalue weighted by Crippen LogP contribution is 2.17. The third-order valence-corrected chi connectivity index (χ3v) is 7.04. The van der Waals surface area contributed by atoms with Crippen molar-refractivity contribution in [3.63, 3.8) is 0 Å². The van der Waals surface area contributed by atoms with E-state index in [0.29, 0.717) is 24.2 Å². The van der Waals surface area contributed by atoms with E-state index in [2.05, 4.69) is 84.2 Å². The topological polar surface area (TPSA) is 9.72 Å². The number of likely N-dealkylation sites (N-methyl/N-ethyl adjacent to an activating group) is 1. The molecule has 0 aromatic rings. The molecule has 2 saturated heterocycles. The summed E-state index contributed by atoms with van der Waals surface area (Å²) < 4.78 is 1.30. The molecule has 0 aromatic heterocycles. The normalized spacial score (nSPS) is 18.9. The fraction of sp³-hybridized carbons (Fsp3) is 1.00.